The predicted octanol–water partition coefficient (Wildman–Crippen LogP) is 5.08. The molecule has 1 aliphatic rings. The first-order valence-electron chi connectivity index (χ1n) is 7.90. The van der Waals surface area contributed by atoms with Crippen LogP contribution in [0.15, 0.2) is 12.7 Å². The molecule has 1 aromatic rings. The summed E-state index contributed by atoms with van der Waals surface area (Å²) < 4.78 is 6.26. The summed E-state index contributed by atoms with van der Waals surface area (Å²) in [6, 6.07) is 0. The molecule has 0 atom stereocenters. The maximum absolute atomic E-state index is 10.9. The third-order valence-electron chi connectivity index (χ3n) is 4.19. The van der Waals surface area contributed by atoms with E-state index in [2.05, 4.69) is 48.1 Å². The molecule has 116 valence electrons. The lowest BCUT2D eigenvalue weighted by Gasteiger charge is -2.23. The largest absolute Gasteiger partial charge is 0.507 e. The van der Waals surface area contributed by atoms with Crippen molar-refractivity contribution in [1.29, 1.82) is 0 Å². The van der Waals surface area contributed by atoms with Crippen LogP contribution >= 0.6 is 0 Å². The molecule has 0 spiro atoms. The Kier molecular flexibility index (Phi) is 4.10. The van der Waals surface area contributed by atoms with Gasteiger partial charge in [-0.1, -0.05) is 33.8 Å². The maximum Gasteiger partial charge on any atom is 0.127 e. The third-order valence-corrected chi connectivity index (χ3v) is 4.19. The molecule has 21 heavy (non-hydrogen) atoms. The minimum Gasteiger partial charge on any atom is -0.507 e. The van der Waals surface area contributed by atoms with Crippen molar-refractivity contribution in [3.8, 4) is 11.5 Å². The summed E-state index contributed by atoms with van der Waals surface area (Å²) >= 11 is 0. The highest BCUT2D eigenvalue weighted by atomic mass is 16.5. The lowest BCUT2D eigenvalue weighted by molar-refractivity contribution is 0.137. The summed E-state index contributed by atoms with van der Waals surface area (Å²) in [6.07, 6.45) is 3.48. The monoisotopic (exact) mass is 288 g/mol. The van der Waals surface area contributed by atoms with Crippen molar-refractivity contribution in [1.82, 2.24) is 0 Å². The van der Waals surface area contributed by atoms with Crippen molar-refractivity contribution < 1.29 is 9.84 Å². The lowest BCUT2D eigenvalue weighted by atomic mass is 9.83. The number of fused-ring (bicyclic) bond motifs is 1. The van der Waals surface area contributed by atoms with E-state index < -0.39 is 0 Å². The molecule has 2 rings (SSSR count). The highest BCUT2D eigenvalue weighted by Gasteiger charge is 2.37. The van der Waals surface area contributed by atoms with Crippen LogP contribution in [-0.4, -0.2) is 10.7 Å². The van der Waals surface area contributed by atoms with Crippen LogP contribution in [0.1, 0.15) is 75.6 Å². The van der Waals surface area contributed by atoms with Gasteiger partial charge in [0.2, 0.25) is 0 Å². The van der Waals surface area contributed by atoms with E-state index in [-0.39, 0.29) is 17.4 Å². The molecule has 0 radical (unpaired) electrons. The minimum atomic E-state index is -0.204. The number of allylic oxidation sites excluding steroid dienone is 1. The molecule has 0 fully saturated rings. The molecule has 1 N–H and O–H groups in total. The highest BCUT2D eigenvalue weighted by Crippen LogP contribution is 2.50. The summed E-state index contributed by atoms with van der Waals surface area (Å²) in [6.45, 7) is 16.6. The van der Waals surface area contributed by atoms with Crippen LogP contribution in [0.2, 0.25) is 0 Å². The molecule has 1 aliphatic heterocycles. The van der Waals surface area contributed by atoms with E-state index in [9.17, 15) is 5.11 Å². The zero-order valence-electron chi connectivity index (χ0n) is 14.2. The SMILES string of the molecule is C=CCc1c2c(c(C(C)C)c(O)c1C(C)C)CC(C)(C)O2. The molecule has 0 saturated carbocycles. The standard InChI is InChI=1S/C19H28O2/c1-8-9-13-15(11(2)3)17(20)16(12(4)5)14-10-19(6,7)21-18(13)14/h8,11-12,20H,1,9-10H2,2-7H3. The Labute approximate surface area is 128 Å². The van der Waals surface area contributed by atoms with Crippen LogP contribution in [0, 0.1) is 0 Å². The van der Waals surface area contributed by atoms with Gasteiger partial charge in [0, 0.05) is 28.7 Å². The van der Waals surface area contributed by atoms with Crippen molar-refractivity contribution in [2.45, 2.75) is 71.8 Å². The number of phenolic OH excluding ortho intramolecular Hbond substituents is 1. The first kappa shape index (κ1) is 15.9. The van der Waals surface area contributed by atoms with Crippen LogP contribution in [0.5, 0.6) is 11.5 Å². The molecule has 1 aromatic carbocycles. The Morgan fingerprint density at radius 2 is 1.76 bits per heavy atom. The summed E-state index contributed by atoms with van der Waals surface area (Å²) in [4.78, 5) is 0. The molecule has 2 nitrogen and oxygen atoms in total. The van der Waals surface area contributed by atoms with Crippen molar-refractivity contribution in [3.63, 3.8) is 0 Å². The van der Waals surface area contributed by atoms with Gasteiger partial charge in [-0.2, -0.15) is 0 Å². The van der Waals surface area contributed by atoms with Crippen LogP contribution in [-0.2, 0) is 12.8 Å². The molecular formula is C19H28O2. The van der Waals surface area contributed by atoms with Gasteiger partial charge in [-0.25, -0.2) is 0 Å². The summed E-state index contributed by atoms with van der Waals surface area (Å²) in [5, 5.41) is 10.9. The normalized spacial score (nSPS) is 16.2. The molecule has 0 aromatic heterocycles. The van der Waals surface area contributed by atoms with E-state index in [0.29, 0.717) is 5.75 Å². The fourth-order valence-electron chi connectivity index (χ4n) is 3.49. The second kappa shape index (κ2) is 5.40. The van der Waals surface area contributed by atoms with Crippen LogP contribution in [0.25, 0.3) is 0 Å². The average molecular weight is 288 g/mol. The Morgan fingerprint density at radius 1 is 1.19 bits per heavy atom. The number of hydrogen-bond donors (Lipinski definition) is 1. The number of benzene rings is 1. The number of aromatic hydroxyl groups is 1. The van der Waals surface area contributed by atoms with E-state index in [1.54, 1.807) is 0 Å². The van der Waals surface area contributed by atoms with E-state index in [0.717, 1.165) is 35.3 Å². The Hall–Kier alpha value is -1.44. The van der Waals surface area contributed by atoms with Gasteiger partial charge in [0.15, 0.2) is 0 Å². The summed E-state index contributed by atoms with van der Waals surface area (Å²) in [5.41, 5.74) is 4.18. The number of hydrogen-bond acceptors (Lipinski definition) is 2. The first-order chi connectivity index (χ1) is 9.69. The average Bonchev–Trinajstić information content (AvgIpc) is 2.63. The van der Waals surface area contributed by atoms with Gasteiger partial charge in [0.1, 0.15) is 17.1 Å². The molecule has 1 heterocycles. The molecule has 0 saturated heterocycles. The van der Waals surface area contributed by atoms with Gasteiger partial charge in [0.25, 0.3) is 0 Å². The van der Waals surface area contributed by atoms with Gasteiger partial charge >= 0.3 is 0 Å². The molecule has 2 heteroatoms. The van der Waals surface area contributed by atoms with Crippen molar-refractivity contribution in [2.24, 2.45) is 0 Å². The summed E-state index contributed by atoms with van der Waals surface area (Å²) in [7, 11) is 0. The second-order valence-electron chi connectivity index (χ2n) is 7.30. The smallest absolute Gasteiger partial charge is 0.127 e. The van der Waals surface area contributed by atoms with Crippen LogP contribution < -0.4 is 4.74 Å². The molecule has 0 aliphatic carbocycles. The topological polar surface area (TPSA) is 29.5 Å². The number of phenols is 1. The fourth-order valence-corrected chi connectivity index (χ4v) is 3.49. The second-order valence-corrected chi connectivity index (χ2v) is 7.30. The summed E-state index contributed by atoms with van der Waals surface area (Å²) in [5.74, 6) is 2.00. The van der Waals surface area contributed by atoms with Gasteiger partial charge in [-0.3, -0.25) is 0 Å². The van der Waals surface area contributed by atoms with Gasteiger partial charge in [-0.15, -0.1) is 6.58 Å². The number of rotatable bonds is 4. The van der Waals surface area contributed by atoms with Crippen LogP contribution in [0.4, 0.5) is 0 Å². The Bertz CT molecular complexity index is 566. The van der Waals surface area contributed by atoms with Gasteiger partial charge < -0.3 is 9.84 Å². The van der Waals surface area contributed by atoms with E-state index >= 15 is 0 Å². The fraction of sp³-hybridized carbons (Fsp3) is 0.579. The lowest BCUT2D eigenvalue weighted by Crippen LogP contribution is -2.25. The minimum absolute atomic E-state index is 0.204. The van der Waals surface area contributed by atoms with Crippen LogP contribution in [0.3, 0.4) is 0 Å². The molecule has 0 bridgehead atoms. The molecule has 0 unspecified atom stereocenters. The molecular weight excluding hydrogens is 260 g/mol. The predicted molar refractivity (Wildman–Crippen MR) is 88.6 cm³/mol. The van der Waals surface area contributed by atoms with Crippen molar-refractivity contribution >= 4 is 0 Å². The quantitative estimate of drug-likeness (QED) is 0.783. The van der Waals surface area contributed by atoms with E-state index in [4.69, 9.17) is 4.74 Å². The van der Waals surface area contributed by atoms with Gasteiger partial charge in [0.05, 0.1) is 0 Å². The van der Waals surface area contributed by atoms with Gasteiger partial charge in [-0.05, 0) is 32.1 Å². The van der Waals surface area contributed by atoms with Crippen molar-refractivity contribution in [3.05, 3.63) is 34.9 Å². The molecule has 0 amide bonds. The number of ether oxygens (including phenoxy) is 1. The maximum atomic E-state index is 10.9. The third kappa shape index (κ3) is 2.68. The zero-order chi connectivity index (χ0) is 15.9. The highest BCUT2D eigenvalue weighted by molar-refractivity contribution is 5.63. The first-order valence-corrected chi connectivity index (χ1v) is 7.90. The van der Waals surface area contributed by atoms with Crippen molar-refractivity contribution in [2.75, 3.05) is 0 Å². The Balaban J connectivity index is 2.82. The Morgan fingerprint density at radius 3 is 2.24 bits per heavy atom. The zero-order valence-corrected chi connectivity index (χ0v) is 14.2. The van der Waals surface area contributed by atoms with E-state index in [1.807, 2.05) is 6.08 Å². The van der Waals surface area contributed by atoms with E-state index in [1.165, 1.54) is 5.56 Å².